The van der Waals surface area contributed by atoms with Gasteiger partial charge in [0, 0.05) is 11.1 Å². The molecule has 4 amide bonds. The number of methoxy groups -OCH3 is 2. The first-order valence-electron chi connectivity index (χ1n) is 17.2. The van der Waals surface area contributed by atoms with Crippen molar-refractivity contribution in [2.75, 3.05) is 20.9 Å². The maximum absolute atomic E-state index is 13.5. The van der Waals surface area contributed by atoms with E-state index in [9.17, 15) is 28.8 Å². The number of hydrogen-bond acceptors (Lipinski definition) is 10. The second-order valence-electron chi connectivity index (χ2n) is 12.0. The Bertz CT molecular complexity index is 1660. The van der Waals surface area contributed by atoms with Crippen molar-refractivity contribution >= 4 is 36.1 Å². The molecule has 280 valence electrons. The van der Waals surface area contributed by atoms with Gasteiger partial charge in [-0.2, -0.15) is 0 Å². The number of amides is 4. The molecule has 0 aliphatic heterocycles. The van der Waals surface area contributed by atoms with E-state index < -0.39 is 48.2 Å². The molecular formula is C38H48N4O10. The van der Waals surface area contributed by atoms with Crippen LogP contribution in [0.3, 0.4) is 0 Å². The summed E-state index contributed by atoms with van der Waals surface area (Å²) in [5, 5.41) is 9.14. The minimum Gasteiger partial charge on any atom is -0.469 e. The number of nitrogens with one attached hydrogen (secondary N) is 3. The number of hydrogen-bond donors (Lipinski definition) is 3. The number of aryl methyl sites for hydroxylation is 1. The molecule has 14 heteroatoms. The van der Waals surface area contributed by atoms with Gasteiger partial charge in [0.15, 0.2) is 5.76 Å². The van der Waals surface area contributed by atoms with E-state index in [1.807, 2.05) is 37.3 Å². The maximum Gasteiger partial charge on any atom is 0.328 e. The Morgan fingerprint density at radius 3 is 2.29 bits per heavy atom. The van der Waals surface area contributed by atoms with Gasteiger partial charge >= 0.3 is 11.9 Å². The summed E-state index contributed by atoms with van der Waals surface area (Å²) < 4.78 is 15.1. The molecule has 14 nitrogen and oxygen atoms in total. The number of nitrogens with zero attached hydrogens (tertiary/aromatic N) is 1. The number of unbranched alkanes of at least 4 members (excludes halogenated alkanes) is 2. The van der Waals surface area contributed by atoms with Crippen molar-refractivity contribution in [3.8, 4) is 11.3 Å². The van der Waals surface area contributed by atoms with Gasteiger partial charge in [0.1, 0.15) is 18.4 Å². The smallest absolute Gasteiger partial charge is 0.328 e. The van der Waals surface area contributed by atoms with Crippen LogP contribution < -0.4 is 16.0 Å². The van der Waals surface area contributed by atoms with Crippen LogP contribution in [-0.4, -0.2) is 74.1 Å². The fourth-order valence-electron chi connectivity index (χ4n) is 5.62. The molecule has 0 fully saturated rings. The largest absolute Gasteiger partial charge is 0.469 e. The van der Waals surface area contributed by atoms with Gasteiger partial charge in [0.2, 0.25) is 12.3 Å². The van der Waals surface area contributed by atoms with Crippen molar-refractivity contribution in [3.05, 3.63) is 83.1 Å². The van der Waals surface area contributed by atoms with Crippen LogP contribution in [0.1, 0.15) is 84.4 Å². The lowest BCUT2D eigenvalue weighted by Crippen LogP contribution is -2.48. The van der Waals surface area contributed by atoms with E-state index in [1.54, 1.807) is 25.1 Å². The number of benzene rings is 2. The fourth-order valence-corrected chi connectivity index (χ4v) is 5.62. The Balaban J connectivity index is 1.62. The summed E-state index contributed by atoms with van der Waals surface area (Å²) in [4.78, 5) is 81.1. The van der Waals surface area contributed by atoms with Crippen LogP contribution in [0.2, 0.25) is 0 Å². The summed E-state index contributed by atoms with van der Waals surface area (Å²) in [5.41, 5.74) is 2.26. The highest BCUT2D eigenvalue weighted by molar-refractivity contribution is 5.99. The highest BCUT2D eigenvalue weighted by Gasteiger charge is 2.32. The predicted molar refractivity (Wildman–Crippen MR) is 190 cm³/mol. The SMILES string of the molecule is CCCCC[C@@H](C(=O)NCNC(=O)c1ccc(-c2ccc(C(=O)N[C@@H](CC(=O)OC)C(=O)OC)c(C)c2)o1)[C@@H](CC)N(C=O)OCc1ccccc1. The number of esters is 2. The molecule has 2 aromatic carbocycles. The van der Waals surface area contributed by atoms with Gasteiger partial charge in [-0.3, -0.25) is 28.8 Å². The molecule has 3 atom stereocenters. The maximum atomic E-state index is 13.5. The van der Waals surface area contributed by atoms with Gasteiger partial charge in [-0.15, -0.1) is 0 Å². The summed E-state index contributed by atoms with van der Waals surface area (Å²) in [7, 11) is 2.32. The molecule has 0 unspecified atom stereocenters. The number of rotatable bonds is 21. The number of hydroxylamine groups is 2. The third-order valence-electron chi connectivity index (χ3n) is 8.48. The van der Waals surface area contributed by atoms with Gasteiger partial charge in [0.05, 0.1) is 39.3 Å². The van der Waals surface area contributed by atoms with Gasteiger partial charge < -0.3 is 29.8 Å². The summed E-state index contributed by atoms with van der Waals surface area (Å²) in [6.07, 6.45) is 3.89. The molecule has 0 bridgehead atoms. The zero-order valence-corrected chi connectivity index (χ0v) is 30.3. The first kappa shape index (κ1) is 40.9. The topological polar surface area (TPSA) is 183 Å². The lowest BCUT2D eigenvalue weighted by Gasteiger charge is -2.32. The third kappa shape index (κ3) is 11.8. The predicted octanol–water partition coefficient (Wildman–Crippen LogP) is 4.46. The van der Waals surface area contributed by atoms with Crippen molar-refractivity contribution in [3.63, 3.8) is 0 Å². The lowest BCUT2D eigenvalue weighted by molar-refractivity contribution is -0.200. The van der Waals surface area contributed by atoms with E-state index in [2.05, 4.69) is 27.6 Å². The average molecular weight is 721 g/mol. The molecule has 0 saturated carbocycles. The zero-order chi connectivity index (χ0) is 38.0. The van der Waals surface area contributed by atoms with Crippen LogP contribution in [0.5, 0.6) is 0 Å². The van der Waals surface area contributed by atoms with Crippen molar-refractivity contribution in [2.45, 2.75) is 78.0 Å². The van der Waals surface area contributed by atoms with Crippen LogP contribution in [-0.2, 0) is 40.1 Å². The Morgan fingerprint density at radius 1 is 0.904 bits per heavy atom. The van der Waals surface area contributed by atoms with Crippen molar-refractivity contribution in [2.24, 2.45) is 5.92 Å². The summed E-state index contributed by atoms with van der Waals surface area (Å²) in [5.74, 6) is -3.17. The number of ether oxygens (including phenoxy) is 2. The van der Waals surface area contributed by atoms with Crippen LogP contribution in [0.25, 0.3) is 11.3 Å². The van der Waals surface area contributed by atoms with Gasteiger partial charge in [-0.25, -0.2) is 9.86 Å². The number of carbonyl (C=O) groups excluding carboxylic acids is 6. The van der Waals surface area contributed by atoms with Crippen molar-refractivity contribution in [1.29, 1.82) is 0 Å². The Labute approximate surface area is 303 Å². The molecule has 3 aromatic rings. The average Bonchev–Trinajstić information content (AvgIpc) is 3.66. The fraction of sp³-hybridized carbons (Fsp3) is 0.421. The zero-order valence-electron chi connectivity index (χ0n) is 30.3. The van der Waals surface area contributed by atoms with E-state index in [-0.39, 0.29) is 30.5 Å². The molecule has 1 aromatic heterocycles. The van der Waals surface area contributed by atoms with Crippen LogP contribution in [0, 0.1) is 12.8 Å². The molecule has 0 spiro atoms. The van der Waals surface area contributed by atoms with Crippen LogP contribution in [0.4, 0.5) is 0 Å². The second kappa shape index (κ2) is 21.0. The molecule has 0 aliphatic rings. The van der Waals surface area contributed by atoms with E-state index in [0.29, 0.717) is 36.1 Å². The molecular weight excluding hydrogens is 672 g/mol. The first-order valence-corrected chi connectivity index (χ1v) is 17.2. The number of carbonyl (C=O) groups is 6. The molecule has 0 saturated heterocycles. The molecule has 1 heterocycles. The molecule has 0 aliphatic carbocycles. The summed E-state index contributed by atoms with van der Waals surface area (Å²) >= 11 is 0. The second-order valence-corrected chi connectivity index (χ2v) is 12.0. The van der Waals surface area contributed by atoms with Crippen molar-refractivity contribution < 1.29 is 47.5 Å². The number of furan rings is 1. The quantitative estimate of drug-likeness (QED) is 0.0467. The van der Waals surface area contributed by atoms with E-state index in [0.717, 1.165) is 31.9 Å². The van der Waals surface area contributed by atoms with Crippen LogP contribution in [0.15, 0.2) is 65.1 Å². The standard InChI is InChI=1S/C38H48N4O10/c1-6-8-10-15-29(31(7-2)42(24-43)51-22-26-13-11-9-12-14-26)35(45)39-23-40-37(47)33-19-18-32(52-33)27-16-17-28(25(3)20-27)36(46)41-30(38(48)50-5)21-34(44)49-4/h9,11-14,16-20,24,29-31H,6-8,10,15,21-23H2,1-5H3,(H,39,45)(H,40,47)(H,41,46)/t29-,30+,31-/m1/s1. The minimum atomic E-state index is -1.23. The molecule has 3 rings (SSSR count). The normalized spacial score (nSPS) is 12.5. The Hall–Kier alpha value is -5.50. The molecule has 3 N–H and O–H groups in total. The van der Waals surface area contributed by atoms with E-state index in [1.165, 1.54) is 24.3 Å². The van der Waals surface area contributed by atoms with Gasteiger partial charge in [-0.1, -0.05) is 69.5 Å². The summed E-state index contributed by atoms with van der Waals surface area (Å²) in [6.45, 7) is 5.65. The van der Waals surface area contributed by atoms with Crippen molar-refractivity contribution in [1.82, 2.24) is 21.0 Å². The van der Waals surface area contributed by atoms with E-state index in [4.69, 9.17) is 14.0 Å². The highest BCUT2D eigenvalue weighted by atomic mass is 16.7. The Morgan fingerprint density at radius 2 is 1.65 bits per heavy atom. The third-order valence-corrected chi connectivity index (χ3v) is 8.48. The minimum absolute atomic E-state index is 0.000163. The van der Waals surface area contributed by atoms with E-state index >= 15 is 0 Å². The van der Waals surface area contributed by atoms with Crippen LogP contribution >= 0.6 is 0 Å². The van der Waals surface area contributed by atoms with Gasteiger partial charge in [-0.05, 0) is 55.2 Å². The Kier molecular flexibility index (Phi) is 16.5. The monoisotopic (exact) mass is 720 g/mol. The first-order chi connectivity index (χ1) is 25.1. The highest BCUT2D eigenvalue weighted by Crippen LogP contribution is 2.25. The lowest BCUT2D eigenvalue weighted by atomic mass is 9.90. The molecule has 0 radical (unpaired) electrons. The molecule has 52 heavy (non-hydrogen) atoms. The summed E-state index contributed by atoms with van der Waals surface area (Å²) in [6, 6.07) is 15.6. The van der Waals surface area contributed by atoms with Gasteiger partial charge in [0.25, 0.3) is 11.8 Å².